The maximum Gasteiger partial charge on any atom is 0.173 e. The van der Waals surface area contributed by atoms with Crippen LogP contribution in [-0.4, -0.2) is 6.71 Å². The van der Waals surface area contributed by atoms with Gasteiger partial charge in [0.15, 0.2) is 6.71 Å². The van der Waals surface area contributed by atoms with Crippen molar-refractivity contribution in [2.45, 2.75) is 40.3 Å². The molecule has 0 unspecified atom stereocenters. The van der Waals surface area contributed by atoms with Crippen LogP contribution in [0.25, 0.3) is 5.57 Å². The van der Waals surface area contributed by atoms with Gasteiger partial charge in [0.1, 0.15) is 5.82 Å². The topological polar surface area (TPSA) is 0 Å². The van der Waals surface area contributed by atoms with Crippen LogP contribution in [0.4, 0.5) is 4.39 Å². The first-order chi connectivity index (χ1) is 7.49. The molecular weight excluding hydrogens is 198 g/mol. The van der Waals surface area contributed by atoms with Crippen molar-refractivity contribution in [1.29, 1.82) is 0 Å². The summed E-state index contributed by atoms with van der Waals surface area (Å²) in [5, 5.41) is 0. The third-order valence-corrected chi connectivity index (χ3v) is 2.83. The van der Waals surface area contributed by atoms with Crippen LogP contribution in [0.15, 0.2) is 18.7 Å². The predicted molar refractivity (Wildman–Crippen MR) is 72.2 cm³/mol. The predicted octanol–water partition coefficient (Wildman–Crippen LogP) is 3.77. The summed E-state index contributed by atoms with van der Waals surface area (Å²) in [6.45, 7) is 12.1. The van der Waals surface area contributed by atoms with E-state index in [2.05, 4.69) is 13.5 Å². The third kappa shape index (κ3) is 2.55. The van der Waals surface area contributed by atoms with E-state index in [0.717, 1.165) is 29.4 Å². The highest BCUT2D eigenvalue weighted by atomic mass is 19.1. The van der Waals surface area contributed by atoms with Gasteiger partial charge in [0.05, 0.1) is 0 Å². The van der Waals surface area contributed by atoms with E-state index in [9.17, 15) is 4.39 Å². The third-order valence-electron chi connectivity index (χ3n) is 2.83. The molecule has 0 aliphatic carbocycles. The van der Waals surface area contributed by atoms with Gasteiger partial charge in [-0.05, 0) is 24.4 Å². The molecule has 0 amide bonds. The highest BCUT2D eigenvalue weighted by Crippen LogP contribution is 2.17. The lowest BCUT2D eigenvalue weighted by molar-refractivity contribution is 0.629. The number of benzene rings is 1. The van der Waals surface area contributed by atoms with E-state index in [1.54, 1.807) is 0 Å². The summed E-state index contributed by atoms with van der Waals surface area (Å²) in [7, 11) is 0. The summed E-state index contributed by atoms with van der Waals surface area (Å²) in [5.41, 5.74) is 3.45. The van der Waals surface area contributed by atoms with Crippen LogP contribution in [0, 0.1) is 5.82 Å². The Morgan fingerprint density at radius 3 is 2.44 bits per heavy atom. The van der Waals surface area contributed by atoms with Gasteiger partial charge in [-0.25, -0.2) is 4.39 Å². The van der Waals surface area contributed by atoms with Crippen molar-refractivity contribution in [2.24, 2.45) is 0 Å². The van der Waals surface area contributed by atoms with Crippen molar-refractivity contribution in [3.05, 3.63) is 35.7 Å². The van der Waals surface area contributed by atoms with Gasteiger partial charge in [0.2, 0.25) is 0 Å². The second kappa shape index (κ2) is 5.33. The maximum absolute atomic E-state index is 14.3. The molecule has 0 heterocycles. The molecule has 0 nitrogen and oxygen atoms in total. The number of aryl methyl sites for hydroxylation is 1. The lowest BCUT2D eigenvalue weighted by Crippen LogP contribution is -2.31. The van der Waals surface area contributed by atoms with Crippen LogP contribution in [0.1, 0.15) is 31.4 Å². The van der Waals surface area contributed by atoms with Crippen molar-refractivity contribution < 1.29 is 4.39 Å². The molecule has 2 heteroatoms. The molecule has 0 aliphatic rings. The monoisotopic (exact) mass is 218 g/mol. The molecule has 1 rings (SSSR count). The molecule has 0 saturated carbocycles. The quantitative estimate of drug-likeness (QED) is 0.674. The Labute approximate surface area is 98.6 Å². The molecule has 0 atom stereocenters. The molecule has 0 aromatic heterocycles. The van der Waals surface area contributed by atoms with Gasteiger partial charge >= 0.3 is 0 Å². The van der Waals surface area contributed by atoms with Crippen molar-refractivity contribution in [3.8, 4) is 0 Å². The van der Waals surface area contributed by atoms with Gasteiger partial charge in [0.25, 0.3) is 0 Å². The van der Waals surface area contributed by atoms with E-state index in [4.69, 9.17) is 0 Å². The molecule has 16 heavy (non-hydrogen) atoms. The first-order valence-corrected chi connectivity index (χ1v) is 5.96. The number of hydrogen-bond acceptors (Lipinski definition) is 0. The van der Waals surface area contributed by atoms with Crippen LogP contribution >= 0.6 is 0 Å². The van der Waals surface area contributed by atoms with E-state index in [1.807, 2.05) is 32.7 Å². The molecule has 0 fully saturated rings. The number of rotatable bonds is 4. The average Bonchev–Trinajstić information content (AvgIpc) is 2.17. The van der Waals surface area contributed by atoms with Gasteiger partial charge in [-0.3, -0.25) is 0 Å². The van der Waals surface area contributed by atoms with Crippen molar-refractivity contribution in [2.75, 3.05) is 0 Å². The summed E-state index contributed by atoms with van der Waals surface area (Å²) < 4.78 is 14.3. The van der Waals surface area contributed by atoms with Gasteiger partial charge in [0, 0.05) is 5.56 Å². The molecule has 0 spiro atoms. The van der Waals surface area contributed by atoms with Crippen LogP contribution < -0.4 is 5.46 Å². The van der Waals surface area contributed by atoms with E-state index >= 15 is 0 Å². The first kappa shape index (κ1) is 13.0. The molecule has 0 bridgehead atoms. The fourth-order valence-corrected chi connectivity index (χ4v) is 2.07. The van der Waals surface area contributed by atoms with Gasteiger partial charge in [-0.15, -0.1) is 0 Å². The minimum atomic E-state index is -0.0755. The minimum Gasteiger partial charge on any atom is -0.207 e. The second-order valence-electron chi connectivity index (χ2n) is 4.68. The zero-order valence-corrected chi connectivity index (χ0v) is 10.7. The molecule has 86 valence electrons. The van der Waals surface area contributed by atoms with E-state index in [0.29, 0.717) is 5.56 Å². The smallest absolute Gasteiger partial charge is 0.173 e. The van der Waals surface area contributed by atoms with E-state index < -0.39 is 0 Å². The average molecular weight is 218 g/mol. The SMILES string of the molecule is C=C(C)c1ccc(CCC)c(B(C)C)c1F. The molecule has 0 saturated heterocycles. The fourth-order valence-electron chi connectivity index (χ4n) is 2.07. The number of hydrogen-bond donors (Lipinski definition) is 0. The van der Waals surface area contributed by atoms with Gasteiger partial charge in [-0.2, -0.15) is 0 Å². The Hall–Kier alpha value is -1.05. The number of allylic oxidation sites excluding steroid dienone is 1. The zero-order valence-electron chi connectivity index (χ0n) is 10.7. The molecule has 0 radical (unpaired) electrons. The first-order valence-electron chi connectivity index (χ1n) is 5.96. The lowest BCUT2D eigenvalue weighted by Gasteiger charge is -2.15. The standard InChI is InChI=1S/C14H20BF/c1-6-7-11-8-9-12(10(2)3)14(16)13(11)15(4)5/h8-9H,2,6-7H2,1,3-5H3. The summed E-state index contributed by atoms with van der Waals surface area (Å²) in [6, 6.07) is 3.90. The summed E-state index contributed by atoms with van der Waals surface area (Å²) in [6.07, 6.45) is 1.99. The van der Waals surface area contributed by atoms with Crippen LogP contribution in [-0.2, 0) is 6.42 Å². The summed E-state index contributed by atoms with van der Waals surface area (Å²) in [5.74, 6) is -0.0755. The van der Waals surface area contributed by atoms with Crippen molar-refractivity contribution >= 4 is 17.7 Å². The maximum atomic E-state index is 14.3. The second-order valence-corrected chi connectivity index (χ2v) is 4.68. The van der Waals surface area contributed by atoms with E-state index in [1.165, 1.54) is 0 Å². The Morgan fingerprint density at radius 2 is 2.00 bits per heavy atom. The van der Waals surface area contributed by atoms with Crippen LogP contribution in [0.3, 0.4) is 0 Å². The normalized spacial score (nSPS) is 10.3. The zero-order chi connectivity index (χ0) is 12.3. The van der Waals surface area contributed by atoms with Crippen molar-refractivity contribution in [3.63, 3.8) is 0 Å². The Kier molecular flexibility index (Phi) is 4.34. The van der Waals surface area contributed by atoms with E-state index in [-0.39, 0.29) is 12.5 Å². The Balaban J connectivity index is 3.35. The molecule has 0 N–H and O–H groups in total. The fraction of sp³-hybridized carbons (Fsp3) is 0.429. The summed E-state index contributed by atoms with van der Waals surface area (Å²) >= 11 is 0. The Bertz CT molecular complexity index is 394. The lowest BCUT2D eigenvalue weighted by atomic mass is 9.47. The highest BCUT2D eigenvalue weighted by molar-refractivity contribution is 6.71. The molecule has 1 aromatic carbocycles. The van der Waals surface area contributed by atoms with Crippen LogP contribution in [0.2, 0.25) is 13.6 Å². The Morgan fingerprint density at radius 1 is 1.38 bits per heavy atom. The minimum absolute atomic E-state index is 0.0755. The van der Waals surface area contributed by atoms with Crippen molar-refractivity contribution in [1.82, 2.24) is 0 Å². The van der Waals surface area contributed by atoms with Crippen LogP contribution in [0.5, 0.6) is 0 Å². The van der Waals surface area contributed by atoms with Gasteiger partial charge in [-0.1, -0.05) is 51.3 Å². The molecular formula is C14H20BF. The largest absolute Gasteiger partial charge is 0.207 e. The molecule has 0 aliphatic heterocycles. The molecule has 1 aromatic rings. The van der Waals surface area contributed by atoms with Gasteiger partial charge < -0.3 is 0 Å². The highest BCUT2D eigenvalue weighted by Gasteiger charge is 2.17. The number of halogens is 1. The summed E-state index contributed by atoms with van der Waals surface area (Å²) in [4.78, 5) is 0.